The van der Waals surface area contributed by atoms with E-state index in [-0.39, 0.29) is 11.6 Å². The third-order valence-corrected chi connectivity index (χ3v) is 7.21. The summed E-state index contributed by atoms with van der Waals surface area (Å²) >= 11 is 0. The Hall–Kier alpha value is -2.06. The molecule has 0 amide bonds. The summed E-state index contributed by atoms with van der Waals surface area (Å²) in [5.41, 5.74) is 3.89. The van der Waals surface area contributed by atoms with Crippen molar-refractivity contribution >= 4 is 5.69 Å². The number of fused-ring (bicyclic) bond motifs is 3. The first-order valence-electron chi connectivity index (χ1n) is 10.9. The number of para-hydroxylation sites is 1. The number of rotatable bonds is 2. The van der Waals surface area contributed by atoms with Crippen LogP contribution in [-0.2, 0) is 4.84 Å². The molecule has 2 aromatic rings. The maximum absolute atomic E-state index is 6.85. The molecule has 0 aromatic heterocycles. The quantitative estimate of drug-likeness (QED) is 0.542. The molecule has 4 atom stereocenters. The van der Waals surface area contributed by atoms with Gasteiger partial charge >= 0.3 is 0 Å². The number of nitrogens with zero attached hydrogens (tertiary/aromatic N) is 1. The summed E-state index contributed by atoms with van der Waals surface area (Å²) in [6.45, 7) is 4.60. The highest BCUT2D eigenvalue weighted by Crippen LogP contribution is 2.55. The molecule has 2 nitrogen and oxygen atoms in total. The van der Waals surface area contributed by atoms with Crippen LogP contribution in [0, 0.1) is 17.8 Å². The summed E-state index contributed by atoms with van der Waals surface area (Å²) in [5.74, 6) is 2.12. The maximum atomic E-state index is 6.85. The van der Waals surface area contributed by atoms with Gasteiger partial charge in [-0.15, -0.1) is 0 Å². The molecular formula is C26H31NO. The minimum absolute atomic E-state index is 0.114. The number of hydrogen-bond acceptors (Lipinski definition) is 2. The van der Waals surface area contributed by atoms with Crippen molar-refractivity contribution in [1.82, 2.24) is 0 Å². The van der Waals surface area contributed by atoms with Crippen molar-refractivity contribution in [3.63, 3.8) is 0 Å². The zero-order chi connectivity index (χ0) is 19.1. The van der Waals surface area contributed by atoms with E-state index in [0.717, 1.165) is 17.5 Å². The van der Waals surface area contributed by atoms with Crippen molar-refractivity contribution in [3.8, 4) is 0 Å². The normalized spacial score (nSPS) is 31.5. The van der Waals surface area contributed by atoms with Gasteiger partial charge in [-0.25, -0.2) is 5.06 Å². The van der Waals surface area contributed by atoms with Gasteiger partial charge in [0, 0.05) is 5.92 Å². The standard InChI is InChI=1S/C26H31NO/c1-26(2)24-17-20-13-9-10-16-22(20)23(24)18-25(19-11-5-3-6-12-19)27(28-26)21-14-7-4-8-15-21/h3-8,11-12,14-15,18,20,22,24-25H,9-10,13,16-17H2,1-2H3/t20?,22?,24-,25-/m0/s1. The molecule has 2 aromatic carbocycles. The van der Waals surface area contributed by atoms with E-state index in [2.05, 4.69) is 85.7 Å². The summed E-state index contributed by atoms with van der Waals surface area (Å²) in [5, 5.41) is 2.17. The Bertz CT molecular complexity index is 841. The molecule has 2 heteroatoms. The molecule has 2 aliphatic carbocycles. The van der Waals surface area contributed by atoms with Crippen molar-refractivity contribution in [1.29, 1.82) is 0 Å². The highest BCUT2D eigenvalue weighted by Gasteiger charge is 2.49. The number of hydrogen-bond donors (Lipinski definition) is 0. The second-order valence-electron chi connectivity index (χ2n) is 9.32. The van der Waals surface area contributed by atoms with Crippen LogP contribution in [0.3, 0.4) is 0 Å². The van der Waals surface area contributed by atoms with Crippen molar-refractivity contribution in [2.24, 2.45) is 17.8 Å². The molecule has 28 heavy (non-hydrogen) atoms. The van der Waals surface area contributed by atoms with E-state index in [1.807, 2.05) is 0 Å². The lowest BCUT2D eigenvalue weighted by Crippen LogP contribution is -2.40. The average molecular weight is 374 g/mol. The SMILES string of the molecule is CC1(C)ON(c2ccccc2)[C@H](c2ccccc2)C=C2C3CCCCC3C[C@@H]21. The van der Waals surface area contributed by atoms with Crippen LogP contribution in [-0.4, -0.2) is 5.60 Å². The van der Waals surface area contributed by atoms with Crippen molar-refractivity contribution in [2.75, 3.05) is 5.06 Å². The number of hydroxylamine groups is 1. The van der Waals surface area contributed by atoms with Gasteiger partial charge in [0.15, 0.2) is 0 Å². The van der Waals surface area contributed by atoms with Crippen LogP contribution in [0.4, 0.5) is 5.69 Å². The van der Waals surface area contributed by atoms with Crippen LogP contribution in [0.2, 0.25) is 0 Å². The van der Waals surface area contributed by atoms with E-state index in [9.17, 15) is 0 Å². The maximum Gasteiger partial charge on any atom is 0.0999 e. The van der Waals surface area contributed by atoms with Crippen LogP contribution in [0.25, 0.3) is 0 Å². The van der Waals surface area contributed by atoms with Crippen molar-refractivity contribution < 1.29 is 4.84 Å². The monoisotopic (exact) mass is 373 g/mol. The summed E-state index contributed by atoms with van der Waals surface area (Å²) in [7, 11) is 0. The van der Waals surface area contributed by atoms with E-state index < -0.39 is 0 Å². The van der Waals surface area contributed by atoms with Gasteiger partial charge < -0.3 is 0 Å². The largest absolute Gasteiger partial charge is 0.266 e. The molecular weight excluding hydrogens is 342 g/mol. The van der Waals surface area contributed by atoms with Gasteiger partial charge in [0.25, 0.3) is 0 Å². The van der Waals surface area contributed by atoms with Crippen LogP contribution >= 0.6 is 0 Å². The smallest absolute Gasteiger partial charge is 0.0999 e. The van der Waals surface area contributed by atoms with Gasteiger partial charge in [-0.1, -0.05) is 73.0 Å². The van der Waals surface area contributed by atoms with Gasteiger partial charge in [-0.05, 0) is 62.6 Å². The zero-order valence-corrected chi connectivity index (χ0v) is 17.1. The Morgan fingerprint density at radius 2 is 1.57 bits per heavy atom. The fraction of sp³-hybridized carbons (Fsp3) is 0.462. The molecule has 0 radical (unpaired) electrons. The lowest BCUT2D eigenvalue weighted by molar-refractivity contribution is -0.0666. The minimum atomic E-state index is -0.206. The predicted molar refractivity (Wildman–Crippen MR) is 115 cm³/mol. The Kier molecular flexibility index (Phi) is 4.55. The molecule has 1 heterocycles. The molecule has 146 valence electrons. The summed E-state index contributed by atoms with van der Waals surface area (Å²) in [6, 6.07) is 21.6. The average Bonchev–Trinajstić information content (AvgIpc) is 3.06. The van der Waals surface area contributed by atoms with Crippen molar-refractivity contribution in [3.05, 3.63) is 77.9 Å². The van der Waals surface area contributed by atoms with Gasteiger partial charge in [0.05, 0.1) is 17.3 Å². The minimum Gasteiger partial charge on any atom is -0.266 e. The van der Waals surface area contributed by atoms with E-state index in [1.165, 1.54) is 37.7 Å². The summed E-state index contributed by atoms with van der Waals surface area (Å²) in [6.07, 6.45) is 9.39. The number of benzene rings is 2. The molecule has 1 aliphatic heterocycles. The fourth-order valence-corrected chi connectivity index (χ4v) is 5.84. The molecule has 0 saturated heterocycles. The fourth-order valence-electron chi connectivity index (χ4n) is 5.84. The summed E-state index contributed by atoms with van der Waals surface area (Å²) in [4.78, 5) is 6.85. The molecule has 2 fully saturated rings. The Labute approximate surface area is 169 Å². The van der Waals surface area contributed by atoms with Gasteiger partial charge in [0.2, 0.25) is 0 Å². The lowest BCUT2D eigenvalue weighted by Gasteiger charge is -2.38. The lowest BCUT2D eigenvalue weighted by atomic mass is 9.79. The van der Waals surface area contributed by atoms with E-state index >= 15 is 0 Å². The van der Waals surface area contributed by atoms with Crippen LogP contribution < -0.4 is 5.06 Å². The first-order chi connectivity index (χ1) is 13.6. The van der Waals surface area contributed by atoms with Gasteiger partial charge in [-0.3, -0.25) is 4.84 Å². The topological polar surface area (TPSA) is 12.5 Å². The molecule has 0 N–H and O–H groups in total. The third-order valence-electron chi connectivity index (χ3n) is 7.21. The van der Waals surface area contributed by atoms with E-state index in [0.29, 0.717) is 5.92 Å². The molecule has 5 rings (SSSR count). The highest BCUT2D eigenvalue weighted by atomic mass is 16.7. The van der Waals surface area contributed by atoms with Crippen molar-refractivity contribution in [2.45, 2.75) is 57.6 Å². The predicted octanol–water partition coefficient (Wildman–Crippen LogP) is 6.71. The Morgan fingerprint density at radius 3 is 2.32 bits per heavy atom. The van der Waals surface area contributed by atoms with Crippen LogP contribution in [0.15, 0.2) is 72.3 Å². The van der Waals surface area contributed by atoms with E-state index in [4.69, 9.17) is 4.84 Å². The molecule has 0 spiro atoms. The Morgan fingerprint density at radius 1 is 0.893 bits per heavy atom. The molecule has 0 bridgehead atoms. The van der Waals surface area contributed by atoms with Crippen LogP contribution in [0.5, 0.6) is 0 Å². The second-order valence-corrected chi connectivity index (χ2v) is 9.32. The Balaban J connectivity index is 1.64. The molecule has 3 aliphatic rings. The summed E-state index contributed by atoms with van der Waals surface area (Å²) < 4.78 is 0. The highest BCUT2D eigenvalue weighted by molar-refractivity contribution is 5.49. The molecule has 2 saturated carbocycles. The first-order valence-corrected chi connectivity index (χ1v) is 10.9. The van der Waals surface area contributed by atoms with Crippen LogP contribution in [0.1, 0.15) is 57.6 Å². The number of anilines is 1. The third kappa shape index (κ3) is 3.08. The molecule has 2 unspecified atom stereocenters. The second kappa shape index (κ2) is 7.08. The van der Waals surface area contributed by atoms with Gasteiger partial charge in [-0.2, -0.15) is 0 Å². The zero-order valence-electron chi connectivity index (χ0n) is 17.1. The van der Waals surface area contributed by atoms with Gasteiger partial charge in [0.1, 0.15) is 0 Å². The first kappa shape index (κ1) is 18.0. The van der Waals surface area contributed by atoms with E-state index in [1.54, 1.807) is 5.57 Å².